The number of benzene rings is 2. The van der Waals surface area contributed by atoms with Gasteiger partial charge in [-0.2, -0.15) is 4.31 Å². The van der Waals surface area contributed by atoms with Crippen molar-refractivity contribution in [3.63, 3.8) is 0 Å². The molecule has 2 fully saturated rings. The maximum absolute atomic E-state index is 14.5. The van der Waals surface area contributed by atoms with Crippen molar-refractivity contribution in [3.05, 3.63) is 81.8 Å². The zero-order chi connectivity index (χ0) is 42.0. The second kappa shape index (κ2) is 20.4. The molecule has 2 aliphatic rings. The average Bonchev–Trinajstić information content (AvgIpc) is 3.97. The van der Waals surface area contributed by atoms with Gasteiger partial charge in [-0.25, -0.2) is 23.0 Å². The maximum atomic E-state index is 14.5. The van der Waals surface area contributed by atoms with Gasteiger partial charge in [-0.15, -0.1) is 11.3 Å². The first-order chi connectivity index (χ1) is 27.7. The summed E-state index contributed by atoms with van der Waals surface area (Å²) in [4.78, 5) is 49.3. The zero-order valence-electron chi connectivity index (χ0n) is 33.7. The molecule has 15 nitrogen and oxygen atoms in total. The lowest BCUT2D eigenvalue weighted by molar-refractivity contribution is -0.128. The Hall–Kier alpha value is -4.58. The first-order valence-corrected chi connectivity index (χ1v) is 22.3. The predicted octanol–water partition coefficient (Wildman–Crippen LogP) is 5.46. The van der Waals surface area contributed by atoms with E-state index in [0.717, 1.165) is 31.2 Å². The lowest BCUT2D eigenvalue weighted by atomic mass is 9.95. The Morgan fingerprint density at radius 1 is 1.07 bits per heavy atom. The molecular formula is C41H57N7O8S2. The van der Waals surface area contributed by atoms with Crippen LogP contribution in [0.2, 0.25) is 0 Å². The molecule has 0 bridgehead atoms. The number of rotatable bonds is 20. The van der Waals surface area contributed by atoms with Crippen molar-refractivity contribution in [1.29, 1.82) is 0 Å². The molecule has 0 spiro atoms. The Balaban J connectivity index is 1.35. The van der Waals surface area contributed by atoms with Crippen molar-refractivity contribution in [3.8, 4) is 0 Å². The average molecular weight is 840 g/mol. The highest BCUT2D eigenvalue weighted by Gasteiger charge is 2.41. The number of carboxylic acid groups (broad SMARTS) is 1. The number of amides is 4. The van der Waals surface area contributed by atoms with Crippen molar-refractivity contribution in [2.75, 3.05) is 26.2 Å². The van der Waals surface area contributed by atoms with Crippen molar-refractivity contribution < 1.29 is 38.2 Å². The van der Waals surface area contributed by atoms with Crippen LogP contribution in [0.4, 0.5) is 9.59 Å². The molecule has 2 heterocycles. The molecule has 0 radical (unpaired) electrons. The second-order valence-corrected chi connectivity index (χ2v) is 18.5. The lowest BCUT2D eigenvalue weighted by Crippen LogP contribution is -2.57. The van der Waals surface area contributed by atoms with Gasteiger partial charge in [-0.1, -0.05) is 80.7 Å². The van der Waals surface area contributed by atoms with E-state index >= 15 is 0 Å². The minimum Gasteiger partial charge on any atom is -0.465 e. The first kappa shape index (κ1) is 44.5. The maximum Gasteiger partial charge on any atom is 0.407 e. The van der Waals surface area contributed by atoms with Crippen LogP contribution in [0.15, 0.2) is 70.0 Å². The highest BCUT2D eigenvalue weighted by atomic mass is 32.2. The molecule has 4 amide bonds. The fourth-order valence-corrected chi connectivity index (χ4v) is 10.0. The van der Waals surface area contributed by atoms with Gasteiger partial charge >= 0.3 is 12.1 Å². The minimum atomic E-state index is -4.09. The van der Waals surface area contributed by atoms with Crippen LogP contribution < -0.4 is 5.32 Å². The number of sulfonamides is 1. The predicted molar refractivity (Wildman–Crippen MR) is 221 cm³/mol. The van der Waals surface area contributed by atoms with E-state index in [2.05, 4.69) is 15.5 Å². The fraction of sp³-hybridized carbons (Fsp3) is 0.537. The molecule has 58 heavy (non-hydrogen) atoms. The summed E-state index contributed by atoms with van der Waals surface area (Å²) in [5.74, 6) is -0.561. The third kappa shape index (κ3) is 11.3. The summed E-state index contributed by atoms with van der Waals surface area (Å²) in [7, 11) is -4.09. The van der Waals surface area contributed by atoms with E-state index in [0.29, 0.717) is 35.8 Å². The Kier molecular flexibility index (Phi) is 15.7. The summed E-state index contributed by atoms with van der Waals surface area (Å²) in [6.45, 7) is 8.39. The van der Waals surface area contributed by atoms with E-state index in [9.17, 15) is 33.0 Å². The number of carbonyl (C=O) groups is 3. The molecule has 5 rings (SSSR count). The molecule has 0 unspecified atom stereocenters. The molecule has 4 N–H and O–H groups in total. The van der Waals surface area contributed by atoms with Crippen LogP contribution >= 0.6 is 11.3 Å². The van der Waals surface area contributed by atoms with Crippen molar-refractivity contribution in [2.45, 2.75) is 108 Å². The highest BCUT2D eigenvalue weighted by molar-refractivity contribution is 7.89. The van der Waals surface area contributed by atoms with Crippen LogP contribution in [0.3, 0.4) is 0 Å². The summed E-state index contributed by atoms with van der Waals surface area (Å²) in [5.41, 5.74) is 1.99. The van der Waals surface area contributed by atoms with Crippen LogP contribution in [0, 0.1) is 11.8 Å². The monoisotopic (exact) mass is 839 g/mol. The molecule has 4 atom stereocenters. The van der Waals surface area contributed by atoms with Gasteiger partial charge in [-0.05, 0) is 68.2 Å². The van der Waals surface area contributed by atoms with E-state index in [-0.39, 0.29) is 61.4 Å². The number of aliphatic hydroxyl groups excluding tert-OH is 1. The first-order valence-electron chi connectivity index (χ1n) is 20.0. The summed E-state index contributed by atoms with van der Waals surface area (Å²) in [6.07, 6.45) is 3.43. The third-order valence-electron chi connectivity index (χ3n) is 11.2. The molecular weight excluding hydrogens is 783 g/mol. The van der Waals surface area contributed by atoms with E-state index in [1.165, 1.54) is 38.9 Å². The van der Waals surface area contributed by atoms with Gasteiger partial charge in [0.05, 0.1) is 42.0 Å². The summed E-state index contributed by atoms with van der Waals surface area (Å²) < 4.78 is 29.7. The van der Waals surface area contributed by atoms with Gasteiger partial charge in [-0.3, -0.25) is 9.69 Å². The molecule has 1 aliphatic heterocycles. The van der Waals surface area contributed by atoms with E-state index < -0.39 is 40.2 Å². The lowest BCUT2D eigenvalue weighted by Gasteiger charge is -2.35. The molecule has 1 aliphatic carbocycles. The number of nitrogens with zero attached hydrogens (tertiary/aromatic N) is 6. The van der Waals surface area contributed by atoms with Gasteiger partial charge in [0.15, 0.2) is 0 Å². The Morgan fingerprint density at radius 2 is 1.76 bits per heavy atom. The largest absolute Gasteiger partial charge is 0.465 e. The normalized spacial score (nSPS) is 17.3. The number of nitrogens with one attached hydrogen (secondary N) is 1. The zero-order valence-corrected chi connectivity index (χ0v) is 35.3. The Morgan fingerprint density at radius 3 is 2.38 bits per heavy atom. The summed E-state index contributed by atoms with van der Waals surface area (Å²) in [5, 5.41) is 39.0. The summed E-state index contributed by atoms with van der Waals surface area (Å²) in [6, 6.07) is 13.0. The molecule has 2 aromatic carbocycles. The minimum absolute atomic E-state index is 0.0389. The highest BCUT2D eigenvalue weighted by Crippen LogP contribution is 2.29. The third-order valence-corrected chi connectivity index (χ3v) is 13.9. The summed E-state index contributed by atoms with van der Waals surface area (Å²) >= 11 is 1.33. The molecule has 1 aromatic heterocycles. The number of hydrogen-bond acceptors (Lipinski definition) is 10. The number of oxime groups is 1. The van der Waals surface area contributed by atoms with Crippen LogP contribution in [-0.2, 0) is 34.3 Å². The quantitative estimate of drug-likeness (QED) is 0.0649. The number of urea groups is 1. The van der Waals surface area contributed by atoms with Crippen LogP contribution in [0.25, 0.3) is 0 Å². The van der Waals surface area contributed by atoms with Gasteiger partial charge in [0, 0.05) is 37.6 Å². The Bertz CT molecular complexity index is 1960. The van der Waals surface area contributed by atoms with Crippen molar-refractivity contribution >= 4 is 45.6 Å². The number of aromatic nitrogens is 1. The molecule has 17 heteroatoms. The van der Waals surface area contributed by atoms with E-state index in [1.54, 1.807) is 35.8 Å². The second-order valence-electron chi connectivity index (χ2n) is 15.6. The van der Waals surface area contributed by atoms with Crippen LogP contribution in [-0.4, -0.2) is 122 Å². The van der Waals surface area contributed by atoms with Gasteiger partial charge in [0.1, 0.15) is 11.0 Å². The van der Waals surface area contributed by atoms with Gasteiger partial charge in [0.25, 0.3) is 0 Å². The number of carbonyl (C=O) groups excluding carboxylic acids is 2. The molecule has 3 aromatic rings. The molecule has 1 saturated heterocycles. The van der Waals surface area contributed by atoms with E-state index in [4.69, 9.17) is 5.21 Å². The standard InChI is InChI=1S/C41H57N7O8S2/c1-5-29(4)38(47-20-19-45(40(47)51)24-33-27-57-37(43-33)26-48(28(2)3)41(52)53)39(50)44-35(21-30-11-7-6-8-12-30)36(49)25-46(23-32-13-9-10-14-32)58(55,56)34-17-15-31(16-18-34)22-42-54/h6-8,11-12,15-18,22,27-29,32,35-36,38,49,54H,5,9-10,13-14,19-21,23-26H2,1-4H3,(H,44,50)(H,52,53)/b42-22+/t29-,35-,36+,38-/m0/s1. The van der Waals surface area contributed by atoms with Crippen LogP contribution in [0.5, 0.6) is 0 Å². The van der Waals surface area contributed by atoms with Crippen molar-refractivity contribution in [2.24, 2.45) is 17.0 Å². The number of hydrogen-bond donors (Lipinski definition) is 4. The number of aliphatic hydroxyl groups is 1. The van der Waals surface area contributed by atoms with Gasteiger partial charge in [0.2, 0.25) is 15.9 Å². The SMILES string of the molecule is CC[C@H](C)[C@@H](C(=O)N[C@@H](Cc1ccccc1)[C@H](O)CN(CC1CCCC1)S(=O)(=O)c1ccc(/C=N/O)cc1)N1CCN(Cc2csc(CN(C(=O)O)C(C)C)n2)C1=O. The Labute approximate surface area is 345 Å². The fourth-order valence-electron chi connectivity index (χ4n) is 7.69. The number of thiazole rings is 1. The van der Waals surface area contributed by atoms with Crippen molar-refractivity contribution in [1.82, 2.24) is 29.3 Å². The molecule has 1 saturated carbocycles. The topological polar surface area (TPSA) is 196 Å². The van der Waals surface area contributed by atoms with Gasteiger partial charge < -0.3 is 30.5 Å². The van der Waals surface area contributed by atoms with E-state index in [1.807, 2.05) is 49.6 Å². The van der Waals surface area contributed by atoms with Crippen LogP contribution in [0.1, 0.15) is 81.6 Å². The smallest absolute Gasteiger partial charge is 0.407 e. The molecule has 316 valence electrons.